The van der Waals surface area contributed by atoms with E-state index < -0.39 is 12.0 Å². The Balaban J connectivity index is 2.30. The van der Waals surface area contributed by atoms with Gasteiger partial charge in [0.2, 0.25) is 5.91 Å². The third kappa shape index (κ3) is 4.18. The second kappa shape index (κ2) is 6.48. The third-order valence-electron chi connectivity index (χ3n) is 2.15. The molecule has 0 heterocycles. The average molecular weight is 243 g/mol. The van der Waals surface area contributed by atoms with Crippen molar-refractivity contribution in [2.75, 3.05) is 13.1 Å². The minimum Gasteiger partial charge on any atom is -0.382 e. The summed E-state index contributed by atoms with van der Waals surface area (Å²) < 4.78 is 0. The predicted molar refractivity (Wildman–Crippen MR) is 63.2 cm³/mol. The van der Waals surface area contributed by atoms with Crippen molar-refractivity contribution < 1.29 is 9.90 Å². The van der Waals surface area contributed by atoms with E-state index in [0.717, 1.165) is 5.56 Å². The van der Waals surface area contributed by atoms with Gasteiger partial charge >= 0.3 is 0 Å². The van der Waals surface area contributed by atoms with Gasteiger partial charge < -0.3 is 16.2 Å². The van der Waals surface area contributed by atoms with Crippen LogP contribution < -0.4 is 11.1 Å². The fraction of sp³-hybridized carbons (Fsp3) is 0.364. The van der Waals surface area contributed by atoms with Gasteiger partial charge in [-0.05, 0) is 24.1 Å². The molecule has 0 aliphatic heterocycles. The summed E-state index contributed by atoms with van der Waals surface area (Å²) in [7, 11) is 0. The number of hydrogen-bond acceptors (Lipinski definition) is 3. The lowest BCUT2D eigenvalue weighted by atomic mass is 10.1. The van der Waals surface area contributed by atoms with E-state index in [2.05, 4.69) is 5.32 Å². The number of aliphatic hydroxyl groups is 1. The summed E-state index contributed by atoms with van der Waals surface area (Å²) in [6, 6.07) is 7.39. The van der Waals surface area contributed by atoms with E-state index in [4.69, 9.17) is 22.4 Å². The maximum absolute atomic E-state index is 11.2. The molecule has 4 nitrogen and oxygen atoms in total. The molecule has 1 rings (SSSR count). The molecule has 0 saturated carbocycles. The Bertz CT molecular complexity index is 340. The van der Waals surface area contributed by atoms with Crippen LogP contribution >= 0.6 is 11.6 Å². The first kappa shape index (κ1) is 13.0. The summed E-state index contributed by atoms with van der Waals surface area (Å²) in [5.41, 5.74) is 6.22. The first-order chi connectivity index (χ1) is 7.63. The van der Waals surface area contributed by atoms with E-state index in [-0.39, 0.29) is 6.54 Å². The van der Waals surface area contributed by atoms with E-state index in [1.165, 1.54) is 0 Å². The van der Waals surface area contributed by atoms with Crippen molar-refractivity contribution in [3.63, 3.8) is 0 Å². The van der Waals surface area contributed by atoms with Crippen molar-refractivity contribution in [3.05, 3.63) is 34.9 Å². The first-order valence-corrected chi connectivity index (χ1v) is 5.41. The van der Waals surface area contributed by atoms with Crippen LogP contribution in [0.5, 0.6) is 0 Å². The molecule has 1 aromatic carbocycles. The molecule has 1 amide bonds. The van der Waals surface area contributed by atoms with Crippen LogP contribution in [0.25, 0.3) is 0 Å². The van der Waals surface area contributed by atoms with Gasteiger partial charge in [-0.3, -0.25) is 4.79 Å². The molecule has 0 aliphatic rings. The van der Waals surface area contributed by atoms with Gasteiger partial charge in [-0.15, -0.1) is 0 Å². The Morgan fingerprint density at radius 3 is 2.62 bits per heavy atom. The van der Waals surface area contributed by atoms with E-state index in [0.29, 0.717) is 18.0 Å². The number of hydrogen-bond donors (Lipinski definition) is 3. The van der Waals surface area contributed by atoms with Gasteiger partial charge in [0.1, 0.15) is 6.10 Å². The number of nitrogens with two attached hydrogens (primary N) is 1. The zero-order valence-electron chi connectivity index (χ0n) is 8.82. The monoisotopic (exact) mass is 242 g/mol. The largest absolute Gasteiger partial charge is 0.382 e. The highest BCUT2D eigenvalue weighted by molar-refractivity contribution is 6.30. The molecule has 0 aliphatic carbocycles. The van der Waals surface area contributed by atoms with Crippen molar-refractivity contribution in [2.45, 2.75) is 12.5 Å². The lowest BCUT2D eigenvalue weighted by Gasteiger charge is -2.08. The number of amides is 1. The highest BCUT2D eigenvalue weighted by Gasteiger charge is 2.11. The lowest BCUT2D eigenvalue weighted by Crippen LogP contribution is -2.39. The molecular weight excluding hydrogens is 228 g/mol. The quantitative estimate of drug-likeness (QED) is 0.696. The lowest BCUT2D eigenvalue weighted by molar-refractivity contribution is -0.128. The molecule has 1 aromatic rings. The van der Waals surface area contributed by atoms with Crippen molar-refractivity contribution >= 4 is 17.5 Å². The number of carbonyl (C=O) groups excluding carboxylic acids is 1. The molecule has 0 aromatic heterocycles. The van der Waals surface area contributed by atoms with E-state index in [1.54, 1.807) is 12.1 Å². The normalized spacial score (nSPS) is 12.2. The van der Waals surface area contributed by atoms with Crippen LogP contribution in [0.1, 0.15) is 5.56 Å². The minimum atomic E-state index is -1.12. The van der Waals surface area contributed by atoms with Crippen LogP contribution in [0.15, 0.2) is 24.3 Å². The Kier molecular flexibility index (Phi) is 5.25. The van der Waals surface area contributed by atoms with Crippen LogP contribution in [-0.2, 0) is 11.2 Å². The Hall–Kier alpha value is -1.10. The van der Waals surface area contributed by atoms with Gasteiger partial charge in [0.05, 0.1) is 0 Å². The summed E-state index contributed by atoms with van der Waals surface area (Å²) in [5.74, 6) is -0.434. The molecule has 5 heteroatoms. The van der Waals surface area contributed by atoms with E-state index in [9.17, 15) is 4.79 Å². The fourth-order valence-corrected chi connectivity index (χ4v) is 1.33. The Morgan fingerprint density at radius 2 is 2.06 bits per heavy atom. The maximum atomic E-state index is 11.2. The Labute approximate surface area is 99.4 Å². The summed E-state index contributed by atoms with van der Waals surface area (Å²) in [4.78, 5) is 11.2. The fourth-order valence-electron chi connectivity index (χ4n) is 1.21. The molecule has 16 heavy (non-hydrogen) atoms. The molecule has 1 atom stereocenters. The molecule has 4 N–H and O–H groups in total. The van der Waals surface area contributed by atoms with Crippen LogP contribution in [0.3, 0.4) is 0 Å². The second-order valence-electron chi connectivity index (χ2n) is 3.42. The van der Waals surface area contributed by atoms with Gasteiger partial charge in [-0.1, -0.05) is 23.7 Å². The predicted octanol–water partition coefficient (Wildman–Crippen LogP) is 0.318. The zero-order valence-corrected chi connectivity index (χ0v) is 9.57. The van der Waals surface area contributed by atoms with Crippen LogP contribution in [0.2, 0.25) is 5.02 Å². The third-order valence-corrected chi connectivity index (χ3v) is 2.40. The highest BCUT2D eigenvalue weighted by Crippen LogP contribution is 2.09. The number of nitrogens with one attached hydrogen (secondary N) is 1. The highest BCUT2D eigenvalue weighted by atomic mass is 35.5. The van der Waals surface area contributed by atoms with Crippen LogP contribution in [0, 0.1) is 0 Å². The van der Waals surface area contributed by atoms with E-state index >= 15 is 0 Å². The topological polar surface area (TPSA) is 75.3 Å². The van der Waals surface area contributed by atoms with Gasteiger partial charge in [0.25, 0.3) is 0 Å². The molecule has 1 unspecified atom stereocenters. The van der Waals surface area contributed by atoms with Crippen LogP contribution in [-0.4, -0.2) is 30.2 Å². The molecule has 0 bridgehead atoms. The van der Waals surface area contributed by atoms with Crippen molar-refractivity contribution in [1.29, 1.82) is 0 Å². The van der Waals surface area contributed by atoms with Gasteiger partial charge in [-0.25, -0.2) is 0 Å². The minimum absolute atomic E-state index is 0.0627. The number of rotatable bonds is 5. The average Bonchev–Trinajstić information content (AvgIpc) is 2.30. The van der Waals surface area contributed by atoms with Gasteiger partial charge in [0, 0.05) is 18.1 Å². The number of benzene rings is 1. The summed E-state index contributed by atoms with van der Waals surface area (Å²) >= 11 is 5.74. The summed E-state index contributed by atoms with van der Waals surface area (Å²) in [6.45, 7) is 0.407. The first-order valence-electron chi connectivity index (χ1n) is 5.03. The SMILES string of the molecule is NCC(O)C(=O)NCCc1ccc(Cl)cc1. The van der Waals surface area contributed by atoms with Crippen molar-refractivity contribution in [2.24, 2.45) is 5.73 Å². The zero-order chi connectivity index (χ0) is 12.0. The number of carbonyl (C=O) groups is 1. The molecule has 0 radical (unpaired) electrons. The van der Waals surface area contributed by atoms with E-state index in [1.807, 2.05) is 12.1 Å². The summed E-state index contributed by atoms with van der Waals surface area (Å²) in [6.07, 6.45) is -0.426. The number of halogens is 1. The second-order valence-corrected chi connectivity index (χ2v) is 3.86. The smallest absolute Gasteiger partial charge is 0.250 e. The molecule has 0 spiro atoms. The van der Waals surface area contributed by atoms with Gasteiger partial charge in [0.15, 0.2) is 0 Å². The molecular formula is C11H15ClN2O2. The maximum Gasteiger partial charge on any atom is 0.250 e. The summed E-state index contributed by atoms with van der Waals surface area (Å²) in [5, 5.41) is 12.4. The van der Waals surface area contributed by atoms with Gasteiger partial charge in [-0.2, -0.15) is 0 Å². The van der Waals surface area contributed by atoms with Crippen LogP contribution in [0.4, 0.5) is 0 Å². The van der Waals surface area contributed by atoms with Crippen molar-refractivity contribution in [3.8, 4) is 0 Å². The number of aliphatic hydroxyl groups excluding tert-OH is 1. The van der Waals surface area contributed by atoms with Crippen molar-refractivity contribution in [1.82, 2.24) is 5.32 Å². The Morgan fingerprint density at radius 1 is 1.44 bits per heavy atom. The molecule has 88 valence electrons. The molecule has 0 saturated heterocycles. The molecule has 0 fully saturated rings. The standard InChI is InChI=1S/C11H15ClN2O2/c12-9-3-1-8(2-4-9)5-6-14-11(16)10(15)7-13/h1-4,10,15H,5-7,13H2,(H,14,16).